The molecule has 0 bridgehead atoms. The Morgan fingerprint density at radius 2 is 1.72 bits per heavy atom. The lowest BCUT2D eigenvalue weighted by Crippen LogP contribution is -2.25. The zero-order valence-electron chi connectivity index (χ0n) is 16.9. The Labute approximate surface area is 171 Å². The van der Waals surface area contributed by atoms with Crippen molar-refractivity contribution < 1.29 is 23.8 Å². The fourth-order valence-electron chi connectivity index (χ4n) is 3.54. The second kappa shape index (κ2) is 9.96. The first-order chi connectivity index (χ1) is 14.1. The molecule has 0 atom stereocenters. The quantitative estimate of drug-likeness (QED) is 0.563. The number of esters is 1. The van der Waals surface area contributed by atoms with E-state index < -0.39 is 5.97 Å². The van der Waals surface area contributed by atoms with Crippen LogP contribution in [-0.4, -0.2) is 32.6 Å². The van der Waals surface area contributed by atoms with Crippen LogP contribution in [0.5, 0.6) is 17.2 Å². The molecule has 6 nitrogen and oxygen atoms in total. The van der Waals surface area contributed by atoms with Crippen molar-refractivity contribution in [3.63, 3.8) is 0 Å². The summed E-state index contributed by atoms with van der Waals surface area (Å²) in [5.74, 6) is 1.12. The maximum atomic E-state index is 12.5. The average molecular weight is 397 g/mol. The first-order valence-electron chi connectivity index (χ1n) is 9.94. The van der Waals surface area contributed by atoms with E-state index in [0.29, 0.717) is 28.7 Å². The summed E-state index contributed by atoms with van der Waals surface area (Å²) in [6, 6.07) is 12.5. The van der Waals surface area contributed by atoms with Crippen molar-refractivity contribution in [2.45, 2.75) is 38.0 Å². The van der Waals surface area contributed by atoms with Gasteiger partial charge in [0.2, 0.25) is 0 Å². The van der Waals surface area contributed by atoms with Crippen molar-refractivity contribution in [1.82, 2.24) is 5.32 Å². The van der Waals surface area contributed by atoms with E-state index in [1.165, 1.54) is 57.9 Å². The van der Waals surface area contributed by atoms with Gasteiger partial charge in [-0.2, -0.15) is 0 Å². The maximum absolute atomic E-state index is 12.5. The number of hydrogen-bond acceptors (Lipinski definition) is 5. The first kappa shape index (κ1) is 20.7. The molecule has 3 rings (SSSR count). The van der Waals surface area contributed by atoms with Crippen LogP contribution in [-0.2, 0) is 4.79 Å². The summed E-state index contributed by atoms with van der Waals surface area (Å²) in [6.45, 7) is -0.135. The van der Waals surface area contributed by atoms with Crippen LogP contribution in [0.3, 0.4) is 0 Å². The van der Waals surface area contributed by atoms with Crippen LogP contribution in [0.25, 0.3) is 0 Å². The number of likely N-dealkylation sites (N-methyl/N-ethyl adjacent to an activating group) is 1. The molecular formula is C23H27NO5. The Hall–Kier alpha value is -3.02. The summed E-state index contributed by atoms with van der Waals surface area (Å²) in [5, 5.41) is 2.48. The lowest BCUT2D eigenvalue weighted by atomic mass is 9.84. The van der Waals surface area contributed by atoms with Gasteiger partial charge in [0.05, 0.1) is 12.7 Å². The lowest BCUT2D eigenvalue weighted by molar-refractivity contribution is -0.122. The molecule has 1 aliphatic carbocycles. The molecule has 2 aromatic rings. The highest BCUT2D eigenvalue weighted by molar-refractivity contribution is 5.91. The van der Waals surface area contributed by atoms with Crippen LogP contribution in [0.2, 0.25) is 0 Å². The molecule has 154 valence electrons. The smallest absolute Gasteiger partial charge is 0.343 e. The molecule has 1 N–H and O–H groups in total. The van der Waals surface area contributed by atoms with Crippen LogP contribution in [0.4, 0.5) is 0 Å². The normalized spacial score (nSPS) is 14.1. The Morgan fingerprint density at radius 1 is 1.00 bits per heavy atom. The van der Waals surface area contributed by atoms with Crippen LogP contribution in [0.1, 0.15) is 53.9 Å². The molecule has 0 aliphatic heterocycles. The molecule has 0 aromatic heterocycles. The lowest BCUT2D eigenvalue weighted by Gasteiger charge is -2.22. The van der Waals surface area contributed by atoms with Gasteiger partial charge in [0, 0.05) is 7.05 Å². The SMILES string of the molecule is CNC(=O)COc1ccc(C(=O)Oc2ccc(C3CCCCC3)cc2)cc1OC. The van der Waals surface area contributed by atoms with E-state index in [0.717, 1.165) is 0 Å². The zero-order valence-corrected chi connectivity index (χ0v) is 16.9. The molecule has 1 saturated carbocycles. The summed E-state index contributed by atoms with van der Waals surface area (Å²) < 4.78 is 16.2. The molecular weight excluding hydrogens is 370 g/mol. The monoisotopic (exact) mass is 397 g/mol. The number of hydrogen-bond donors (Lipinski definition) is 1. The average Bonchev–Trinajstić information content (AvgIpc) is 2.78. The molecule has 6 heteroatoms. The maximum Gasteiger partial charge on any atom is 0.343 e. The number of carbonyl (C=O) groups excluding carboxylic acids is 2. The molecule has 0 heterocycles. The summed E-state index contributed by atoms with van der Waals surface area (Å²) in [6.07, 6.45) is 6.35. The van der Waals surface area contributed by atoms with Gasteiger partial charge in [0.25, 0.3) is 5.91 Å². The minimum absolute atomic E-state index is 0.135. The Morgan fingerprint density at radius 3 is 2.38 bits per heavy atom. The van der Waals surface area contributed by atoms with Crippen molar-refractivity contribution in [3.8, 4) is 17.2 Å². The minimum atomic E-state index is -0.480. The third kappa shape index (κ3) is 5.50. The van der Waals surface area contributed by atoms with Crippen molar-refractivity contribution in [2.24, 2.45) is 0 Å². The highest BCUT2D eigenvalue weighted by Gasteiger charge is 2.17. The molecule has 0 unspecified atom stereocenters. The molecule has 0 saturated heterocycles. The van der Waals surface area contributed by atoms with E-state index in [1.54, 1.807) is 12.1 Å². The van der Waals surface area contributed by atoms with Crippen molar-refractivity contribution in [3.05, 3.63) is 53.6 Å². The van der Waals surface area contributed by atoms with Crippen molar-refractivity contribution in [2.75, 3.05) is 20.8 Å². The van der Waals surface area contributed by atoms with Gasteiger partial charge in [-0.15, -0.1) is 0 Å². The second-order valence-corrected chi connectivity index (χ2v) is 7.12. The second-order valence-electron chi connectivity index (χ2n) is 7.12. The van der Waals surface area contributed by atoms with Crippen molar-refractivity contribution >= 4 is 11.9 Å². The molecule has 1 fully saturated rings. The summed E-state index contributed by atoms with van der Waals surface area (Å²) in [4.78, 5) is 23.8. The third-order valence-corrected chi connectivity index (χ3v) is 5.20. The van der Waals surface area contributed by atoms with E-state index in [1.807, 2.05) is 12.1 Å². The predicted octanol–water partition coefficient (Wildman–Crippen LogP) is 4.09. The van der Waals surface area contributed by atoms with Gasteiger partial charge in [0.1, 0.15) is 5.75 Å². The molecule has 1 aliphatic rings. The number of nitrogens with one attached hydrogen (secondary N) is 1. The summed E-state index contributed by atoms with van der Waals surface area (Å²) in [5.41, 5.74) is 1.65. The zero-order chi connectivity index (χ0) is 20.6. The Kier molecular flexibility index (Phi) is 7.11. The van der Waals surface area contributed by atoms with Gasteiger partial charge < -0.3 is 19.5 Å². The van der Waals surface area contributed by atoms with Gasteiger partial charge in [-0.1, -0.05) is 31.4 Å². The van der Waals surface area contributed by atoms with Gasteiger partial charge in [0.15, 0.2) is 18.1 Å². The molecule has 29 heavy (non-hydrogen) atoms. The number of benzene rings is 2. The van der Waals surface area contributed by atoms with Crippen LogP contribution < -0.4 is 19.5 Å². The number of rotatable bonds is 7. The van der Waals surface area contributed by atoms with Crippen LogP contribution in [0, 0.1) is 0 Å². The van der Waals surface area contributed by atoms with E-state index in [9.17, 15) is 9.59 Å². The van der Waals surface area contributed by atoms with Crippen molar-refractivity contribution in [1.29, 1.82) is 0 Å². The fourth-order valence-corrected chi connectivity index (χ4v) is 3.54. The number of amides is 1. The first-order valence-corrected chi connectivity index (χ1v) is 9.94. The number of methoxy groups -OCH3 is 1. The highest BCUT2D eigenvalue weighted by atomic mass is 16.5. The third-order valence-electron chi connectivity index (χ3n) is 5.20. The summed E-state index contributed by atoms with van der Waals surface area (Å²) >= 11 is 0. The Bertz CT molecular complexity index is 841. The standard InChI is InChI=1S/C23H27NO5/c1-24-22(25)15-28-20-13-10-18(14-21(20)27-2)23(26)29-19-11-8-17(9-12-19)16-6-4-3-5-7-16/h8-14,16H,3-7,15H2,1-2H3,(H,24,25). The van der Waals surface area contributed by atoms with Gasteiger partial charge >= 0.3 is 5.97 Å². The highest BCUT2D eigenvalue weighted by Crippen LogP contribution is 2.33. The molecule has 0 spiro atoms. The number of ether oxygens (including phenoxy) is 3. The number of carbonyl (C=O) groups is 2. The fraction of sp³-hybridized carbons (Fsp3) is 0.391. The van der Waals surface area contributed by atoms with Crippen LogP contribution >= 0.6 is 0 Å². The predicted molar refractivity (Wildman–Crippen MR) is 110 cm³/mol. The molecule has 1 amide bonds. The molecule has 0 radical (unpaired) electrons. The van der Waals surface area contributed by atoms with Crippen LogP contribution in [0.15, 0.2) is 42.5 Å². The van der Waals surface area contributed by atoms with Gasteiger partial charge in [-0.3, -0.25) is 4.79 Å². The van der Waals surface area contributed by atoms with E-state index in [2.05, 4.69) is 17.4 Å². The largest absolute Gasteiger partial charge is 0.493 e. The van der Waals surface area contributed by atoms with Gasteiger partial charge in [-0.25, -0.2) is 4.79 Å². The summed E-state index contributed by atoms with van der Waals surface area (Å²) in [7, 11) is 3.00. The van der Waals surface area contributed by atoms with E-state index in [4.69, 9.17) is 14.2 Å². The minimum Gasteiger partial charge on any atom is -0.493 e. The van der Waals surface area contributed by atoms with E-state index in [-0.39, 0.29) is 12.5 Å². The topological polar surface area (TPSA) is 73.9 Å². The van der Waals surface area contributed by atoms with E-state index >= 15 is 0 Å². The van der Waals surface area contributed by atoms with Gasteiger partial charge in [-0.05, 0) is 54.7 Å². The Balaban J connectivity index is 1.64. The molecule has 2 aromatic carbocycles.